The fourth-order valence-corrected chi connectivity index (χ4v) is 3.34. The Hall–Kier alpha value is -0.340. The van der Waals surface area contributed by atoms with Crippen LogP contribution in [0.5, 0.6) is 0 Å². The zero-order chi connectivity index (χ0) is 14.4. The highest BCUT2D eigenvalue weighted by molar-refractivity contribution is 14.0. The van der Waals surface area contributed by atoms with Crippen LogP contribution in [0, 0.1) is 5.92 Å². The second-order valence-electron chi connectivity index (χ2n) is 5.77. The van der Waals surface area contributed by atoms with Crippen LogP contribution in [-0.2, 0) is 0 Å². The predicted octanol–water partition coefficient (Wildman–Crippen LogP) is 3.06. The predicted molar refractivity (Wildman–Crippen MR) is 103 cm³/mol. The van der Waals surface area contributed by atoms with Gasteiger partial charge in [0.15, 0.2) is 5.96 Å². The Kier molecular flexibility index (Phi) is 8.58. The maximum Gasteiger partial charge on any atom is 0.188 e. The molecular weight excluding hydrogens is 395 g/mol. The molecule has 120 valence electrons. The van der Waals surface area contributed by atoms with Crippen LogP contribution in [0.2, 0.25) is 0 Å². The van der Waals surface area contributed by atoms with Gasteiger partial charge in [-0.3, -0.25) is 9.89 Å². The summed E-state index contributed by atoms with van der Waals surface area (Å²) >= 11 is 1.83. The van der Waals surface area contributed by atoms with Crippen LogP contribution < -0.4 is 11.1 Å². The number of nitrogens with one attached hydrogen (secondary N) is 1. The van der Waals surface area contributed by atoms with Crippen molar-refractivity contribution in [3.8, 4) is 0 Å². The molecule has 2 heterocycles. The number of rotatable bonds is 6. The molecule has 1 aromatic rings. The third-order valence-corrected chi connectivity index (χ3v) is 4.53. The molecule has 0 saturated carbocycles. The van der Waals surface area contributed by atoms with E-state index in [2.05, 4.69) is 46.6 Å². The van der Waals surface area contributed by atoms with Gasteiger partial charge in [-0.1, -0.05) is 19.9 Å². The number of hydrogen-bond acceptors (Lipinski definition) is 3. The average Bonchev–Trinajstić information content (AvgIpc) is 3.09. The van der Waals surface area contributed by atoms with Crippen molar-refractivity contribution in [2.24, 2.45) is 16.6 Å². The van der Waals surface area contributed by atoms with Gasteiger partial charge in [0.25, 0.3) is 0 Å². The van der Waals surface area contributed by atoms with E-state index in [4.69, 9.17) is 5.73 Å². The normalized spacial score (nSPS) is 17.8. The number of aliphatic imine (C=N–C) groups is 1. The molecule has 0 aromatic carbocycles. The van der Waals surface area contributed by atoms with E-state index in [1.165, 1.54) is 30.8 Å². The second-order valence-corrected chi connectivity index (χ2v) is 6.75. The van der Waals surface area contributed by atoms with Crippen molar-refractivity contribution in [3.63, 3.8) is 0 Å². The van der Waals surface area contributed by atoms with Crippen LogP contribution in [0.15, 0.2) is 22.5 Å². The van der Waals surface area contributed by atoms with Gasteiger partial charge in [-0.15, -0.1) is 35.3 Å². The van der Waals surface area contributed by atoms with Crippen LogP contribution in [-0.4, -0.2) is 37.0 Å². The summed E-state index contributed by atoms with van der Waals surface area (Å²) in [6.45, 7) is 8.30. The number of nitrogens with zero attached hydrogens (tertiary/aromatic N) is 2. The lowest BCUT2D eigenvalue weighted by Crippen LogP contribution is -2.40. The third kappa shape index (κ3) is 6.12. The van der Waals surface area contributed by atoms with Crippen LogP contribution >= 0.6 is 35.3 Å². The zero-order valence-corrected chi connectivity index (χ0v) is 16.1. The van der Waals surface area contributed by atoms with E-state index in [9.17, 15) is 0 Å². The molecule has 0 amide bonds. The molecule has 0 aliphatic carbocycles. The molecule has 3 N–H and O–H groups in total. The molecule has 1 atom stereocenters. The number of halogens is 1. The molecule has 1 aliphatic heterocycles. The van der Waals surface area contributed by atoms with Gasteiger partial charge in [-0.25, -0.2) is 0 Å². The molecular formula is C15H27IN4S. The summed E-state index contributed by atoms with van der Waals surface area (Å²) in [7, 11) is 0. The Balaban J connectivity index is 0.00000220. The molecule has 0 radical (unpaired) electrons. The number of hydrogen-bond donors (Lipinski definition) is 2. The van der Waals surface area contributed by atoms with Gasteiger partial charge < -0.3 is 11.1 Å². The first-order valence-electron chi connectivity index (χ1n) is 7.48. The molecule has 0 bridgehead atoms. The Morgan fingerprint density at radius 2 is 2.14 bits per heavy atom. The molecule has 1 unspecified atom stereocenters. The van der Waals surface area contributed by atoms with Gasteiger partial charge in [-0.2, -0.15) is 0 Å². The van der Waals surface area contributed by atoms with Gasteiger partial charge in [-0.05, 0) is 43.3 Å². The fraction of sp³-hybridized carbons (Fsp3) is 0.667. The zero-order valence-electron chi connectivity index (χ0n) is 12.9. The smallest absolute Gasteiger partial charge is 0.188 e. The molecule has 1 saturated heterocycles. The third-order valence-electron chi connectivity index (χ3n) is 3.56. The summed E-state index contributed by atoms with van der Waals surface area (Å²) in [6.07, 6.45) is 2.61. The lowest BCUT2D eigenvalue weighted by molar-refractivity contribution is 0.249. The van der Waals surface area contributed by atoms with Crippen molar-refractivity contribution in [1.82, 2.24) is 10.2 Å². The van der Waals surface area contributed by atoms with Crippen molar-refractivity contribution in [3.05, 3.63) is 22.4 Å². The minimum absolute atomic E-state index is 0. The lowest BCUT2D eigenvalue weighted by Gasteiger charge is -2.27. The molecule has 6 heteroatoms. The maximum absolute atomic E-state index is 5.95. The second kappa shape index (κ2) is 9.63. The molecule has 1 aliphatic rings. The summed E-state index contributed by atoms with van der Waals surface area (Å²) in [6, 6.07) is 4.76. The van der Waals surface area contributed by atoms with Gasteiger partial charge in [0.05, 0.1) is 6.04 Å². The van der Waals surface area contributed by atoms with Gasteiger partial charge in [0.1, 0.15) is 0 Å². The van der Waals surface area contributed by atoms with E-state index in [1.807, 2.05) is 11.3 Å². The van der Waals surface area contributed by atoms with E-state index >= 15 is 0 Å². The molecule has 2 rings (SSSR count). The minimum Gasteiger partial charge on any atom is -0.370 e. The molecule has 21 heavy (non-hydrogen) atoms. The molecule has 0 spiro atoms. The number of thiophene rings is 1. The summed E-state index contributed by atoms with van der Waals surface area (Å²) in [5.74, 6) is 1.11. The van der Waals surface area contributed by atoms with E-state index in [0.717, 1.165) is 13.1 Å². The number of likely N-dealkylation sites (tertiary alicyclic amines) is 1. The minimum atomic E-state index is 0. The van der Waals surface area contributed by atoms with E-state index in [-0.39, 0.29) is 24.0 Å². The van der Waals surface area contributed by atoms with Crippen molar-refractivity contribution in [2.75, 3.05) is 26.2 Å². The SMILES string of the molecule is CC(C)CN=C(N)NCC(c1cccs1)N1CCCC1.I. The largest absolute Gasteiger partial charge is 0.370 e. The number of nitrogens with two attached hydrogens (primary N) is 1. The quantitative estimate of drug-likeness (QED) is 0.421. The lowest BCUT2D eigenvalue weighted by atomic mass is 10.2. The topological polar surface area (TPSA) is 53.6 Å². The standard InChI is InChI=1S/C15H26N4S.HI/c1-12(2)10-17-15(16)18-11-13(14-6-5-9-20-14)19-7-3-4-8-19;/h5-6,9,12-13H,3-4,7-8,10-11H2,1-2H3,(H3,16,17,18);1H. The average molecular weight is 422 g/mol. The fourth-order valence-electron chi connectivity index (χ4n) is 2.48. The summed E-state index contributed by atoms with van der Waals surface area (Å²) in [5.41, 5.74) is 5.95. The van der Waals surface area contributed by atoms with Gasteiger partial charge in [0.2, 0.25) is 0 Å². The van der Waals surface area contributed by atoms with Crippen LogP contribution in [0.1, 0.15) is 37.6 Å². The first kappa shape index (κ1) is 18.7. The Morgan fingerprint density at radius 3 is 2.71 bits per heavy atom. The number of guanidine groups is 1. The van der Waals surface area contributed by atoms with Crippen molar-refractivity contribution in [2.45, 2.75) is 32.7 Å². The first-order chi connectivity index (χ1) is 9.66. The Morgan fingerprint density at radius 1 is 1.43 bits per heavy atom. The molecule has 1 aromatic heterocycles. The van der Waals surface area contributed by atoms with Gasteiger partial charge in [0, 0.05) is 18.0 Å². The maximum atomic E-state index is 5.95. The van der Waals surface area contributed by atoms with Crippen molar-refractivity contribution in [1.29, 1.82) is 0 Å². The summed E-state index contributed by atoms with van der Waals surface area (Å²) < 4.78 is 0. The first-order valence-corrected chi connectivity index (χ1v) is 8.36. The highest BCUT2D eigenvalue weighted by atomic mass is 127. The Bertz CT molecular complexity index is 413. The summed E-state index contributed by atoms with van der Waals surface area (Å²) in [4.78, 5) is 8.33. The highest BCUT2D eigenvalue weighted by Crippen LogP contribution is 2.27. The van der Waals surface area contributed by atoms with Crippen LogP contribution in [0.3, 0.4) is 0 Å². The van der Waals surface area contributed by atoms with Gasteiger partial charge >= 0.3 is 0 Å². The summed E-state index contributed by atoms with van der Waals surface area (Å²) in [5, 5.41) is 5.44. The monoisotopic (exact) mass is 422 g/mol. The van der Waals surface area contributed by atoms with Crippen LogP contribution in [0.4, 0.5) is 0 Å². The van der Waals surface area contributed by atoms with E-state index in [0.29, 0.717) is 17.9 Å². The Labute approximate surface area is 149 Å². The van der Waals surface area contributed by atoms with Crippen molar-refractivity contribution >= 4 is 41.3 Å². The van der Waals surface area contributed by atoms with E-state index in [1.54, 1.807) is 0 Å². The molecule has 4 nitrogen and oxygen atoms in total. The highest BCUT2D eigenvalue weighted by Gasteiger charge is 2.24. The van der Waals surface area contributed by atoms with Crippen molar-refractivity contribution < 1.29 is 0 Å². The van der Waals surface area contributed by atoms with E-state index < -0.39 is 0 Å². The van der Waals surface area contributed by atoms with Crippen LogP contribution in [0.25, 0.3) is 0 Å². The molecule has 1 fully saturated rings.